The van der Waals surface area contributed by atoms with E-state index in [1.54, 1.807) is 12.3 Å². The third-order valence-corrected chi connectivity index (χ3v) is 2.91. The summed E-state index contributed by atoms with van der Waals surface area (Å²) in [5.74, 6) is 0. The van der Waals surface area contributed by atoms with Crippen LogP contribution in [0, 0.1) is 0 Å². The van der Waals surface area contributed by atoms with Crippen molar-refractivity contribution in [2.45, 2.75) is 6.54 Å². The third kappa shape index (κ3) is 3.15. The first-order chi connectivity index (χ1) is 8.66. The number of nitrogens with two attached hydrogens (primary N) is 1. The molecule has 0 amide bonds. The number of hydrogen-bond acceptors (Lipinski definition) is 4. The molecule has 0 fully saturated rings. The molecule has 0 saturated heterocycles. The first-order valence-electron chi connectivity index (χ1n) is 5.25. The van der Waals surface area contributed by atoms with E-state index in [0.717, 1.165) is 16.9 Å². The highest BCUT2D eigenvalue weighted by molar-refractivity contribution is 7.80. The van der Waals surface area contributed by atoms with Crippen molar-refractivity contribution in [3.05, 3.63) is 53.1 Å². The van der Waals surface area contributed by atoms with E-state index < -0.39 is 0 Å². The van der Waals surface area contributed by atoms with Gasteiger partial charge < -0.3 is 11.1 Å². The van der Waals surface area contributed by atoms with Gasteiger partial charge in [-0.3, -0.25) is 0 Å². The first-order valence-corrected chi connectivity index (χ1v) is 6.03. The highest BCUT2D eigenvalue weighted by atomic mass is 35.5. The van der Waals surface area contributed by atoms with Crippen molar-refractivity contribution in [3.63, 3.8) is 0 Å². The van der Waals surface area contributed by atoms with Gasteiger partial charge in [0.15, 0.2) is 0 Å². The lowest BCUT2D eigenvalue weighted by Crippen LogP contribution is -2.09. The van der Waals surface area contributed by atoms with E-state index in [1.165, 1.54) is 6.33 Å². The Kier molecular flexibility index (Phi) is 4.07. The van der Waals surface area contributed by atoms with E-state index in [-0.39, 0.29) is 0 Å². The molecule has 1 aromatic heterocycles. The summed E-state index contributed by atoms with van der Waals surface area (Å²) < 4.78 is 0. The molecule has 0 spiro atoms. The predicted octanol–water partition coefficient (Wildman–Crippen LogP) is 2.38. The van der Waals surface area contributed by atoms with Gasteiger partial charge in [0.1, 0.15) is 11.3 Å². The van der Waals surface area contributed by atoms with Gasteiger partial charge in [-0.15, -0.1) is 0 Å². The van der Waals surface area contributed by atoms with Gasteiger partial charge in [-0.25, -0.2) is 9.97 Å². The molecule has 0 saturated carbocycles. The molecule has 2 aromatic rings. The first kappa shape index (κ1) is 12.7. The van der Waals surface area contributed by atoms with Gasteiger partial charge in [0, 0.05) is 11.8 Å². The minimum atomic E-state index is 0.333. The largest absolute Gasteiger partial charge is 0.389 e. The smallest absolute Gasteiger partial charge is 0.115 e. The van der Waals surface area contributed by atoms with Crippen LogP contribution >= 0.6 is 23.8 Å². The van der Waals surface area contributed by atoms with Crippen molar-refractivity contribution in [3.8, 4) is 0 Å². The maximum atomic E-state index is 6.13. The molecule has 6 heteroatoms. The fourth-order valence-electron chi connectivity index (χ4n) is 1.42. The van der Waals surface area contributed by atoms with Gasteiger partial charge in [-0.1, -0.05) is 23.8 Å². The number of thiocarbonyl (C=S) groups is 1. The Labute approximate surface area is 115 Å². The topological polar surface area (TPSA) is 63.8 Å². The quantitative estimate of drug-likeness (QED) is 0.841. The SMILES string of the molecule is NC(=S)c1ccc(NCc2ccncn2)c(Cl)c1. The average Bonchev–Trinajstić information content (AvgIpc) is 2.38. The maximum Gasteiger partial charge on any atom is 0.115 e. The summed E-state index contributed by atoms with van der Waals surface area (Å²) >= 11 is 11.0. The van der Waals surface area contributed by atoms with Crippen molar-refractivity contribution in [1.29, 1.82) is 0 Å². The minimum Gasteiger partial charge on any atom is -0.389 e. The lowest BCUT2D eigenvalue weighted by Gasteiger charge is -2.09. The van der Waals surface area contributed by atoms with Crippen LogP contribution in [-0.4, -0.2) is 15.0 Å². The van der Waals surface area contributed by atoms with Gasteiger partial charge in [0.05, 0.1) is 22.9 Å². The van der Waals surface area contributed by atoms with Crippen LogP contribution in [-0.2, 0) is 6.54 Å². The van der Waals surface area contributed by atoms with Crippen molar-refractivity contribution < 1.29 is 0 Å². The van der Waals surface area contributed by atoms with E-state index in [0.29, 0.717) is 16.6 Å². The van der Waals surface area contributed by atoms with Gasteiger partial charge >= 0.3 is 0 Å². The van der Waals surface area contributed by atoms with Crippen LogP contribution in [0.2, 0.25) is 5.02 Å². The molecule has 92 valence electrons. The molecule has 1 heterocycles. The van der Waals surface area contributed by atoms with Gasteiger partial charge in [0.25, 0.3) is 0 Å². The zero-order chi connectivity index (χ0) is 13.0. The fourth-order valence-corrected chi connectivity index (χ4v) is 1.79. The fraction of sp³-hybridized carbons (Fsp3) is 0.0833. The van der Waals surface area contributed by atoms with Crippen molar-refractivity contribution >= 4 is 34.5 Å². The van der Waals surface area contributed by atoms with Crippen LogP contribution in [0.1, 0.15) is 11.3 Å². The zero-order valence-corrected chi connectivity index (χ0v) is 11.0. The molecule has 0 aliphatic heterocycles. The molecule has 4 nitrogen and oxygen atoms in total. The Morgan fingerprint density at radius 2 is 2.22 bits per heavy atom. The molecule has 0 aliphatic rings. The van der Waals surface area contributed by atoms with E-state index >= 15 is 0 Å². The molecule has 0 aliphatic carbocycles. The summed E-state index contributed by atoms with van der Waals surface area (Å²) in [4.78, 5) is 8.30. The number of nitrogens with one attached hydrogen (secondary N) is 1. The Morgan fingerprint density at radius 3 is 2.83 bits per heavy atom. The molecule has 0 atom stereocenters. The van der Waals surface area contributed by atoms with E-state index in [2.05, 4.69) is 15.3 Å². The Balaban J connectivity index is 2.08. The molecular weight excluding hydrogens is 268 g/mol. The van der Waals surface area contributed by atoms with Gasteiger partial charge in [0.2, 0.25) is 0 Å². The van der Waals surface area contributed by atoms with Crippen LogP contribution < -0.4 is 11.1 Å². The summed E-state index contributed by atoms with van der Waals surface area (Å²) in [6.45, 7) is 0.578. The Morgan fingerprint density at radius 1 is 1.39 bits per heavy atom. The minimum absolute atomic E-state index is 0.333. The Bertz CT molecular complexity index is 559. The zero-order valence-electron chi connectivity index (χ0n) is 9.43. The van der Waals surface area contributed by atoms with Crippen molar-refractivity contribution in [2.24, 2.45) is 5.73 Å². The molecule has 3 N–H and O–H groups in total. The molecule has 1 aromatic carbocycles. The monoisotopic (exact) mass is 278 g/mol. The van der Waals surface area contributed by atoms with Crippen molar-refractivity contribution in [2.75, 3.05) is 5.32 Å². The van der Waals surface area contributed by atoms with Crippen LogP contribution in [0.25, 0.3) is 0 Å². The summed E-state index contributed by atoms with van der Waals surface area (Å²) in [5.41, 5.74) is 7.99. The second-order valence-electron chi connectivity index (χ2n) is 3.61. The second-order valence-corrected chi connectivity index (χ2v) is 4.46. The lowest BCUT2D eigenvalue weighted by molar-refractivity contribution is 1.01. The number of nitrogens with zero attached hydrogens (tertiary/aromatic N) is 2. The van der Waals surface area contributed by atoms with Crippen LogP contribution in [0.3, 0.4) is 0 Å². The lowest BCUT2D eigenvalue weighted by atomic mass is 10.2. The van der Waals surface area contributed by atoms with Crippen LogP contribution in [0.5, 0.6) is 0 Å². The molecule has 2 rings (SSSR count). The molecule has 18 heavy (non-hydrogen) atoms. The predicted molar refractivity (Wildman–Crippen MR) is 76.7 cm³/mol. The van der Waals surface area contributed by atoms with Crippen LogP contribution in [0.4, 0.5) is 5.69 Å². The summed E-state index contributed by atoms with van der Waals surface area (Å²) in [6.07, 6.45) is 3.20. The number of rotatable bonds is 4. The Hall–Kier alpha value is -1.72. The maximum absolute atomic E-state index is 6.13. The molecule has 0 bridgehead atoms. The number of anilines is 1. The number of halogens is 1. The summed E-state index contributed by atoms with van der Waals surface area (Å²) in [5, 5.41) is 3.77. The normalized spacial score (nSPS) is 10.1. The highest BCUT2D eigenvalue weighted by Gasteiger charge is 2.03. The van der Waals surface area contributed by atoms with Gasteiger partial charge in [-0.2, -0.15) is 0 Å². The molecule has 0 unspecified atom stereocenters. The number of benzene rings is 1. The number of hydrogen-bond donors (Lipinski definition) is 2. The third-order valence-electron chi connectivity index (χ3n) is 2.36. The van der Waals surface area contributed by atoms with Crippen molar-refractivity contribution in [1.82, 2.24) is 9.97 Å². The summed E-state index contributed by atoms with van der Waals surface area (Å²) in [7, 11) is 0. The van der Waals surface area contributed by atoms with E-state index in [4.69, 9.17) is 29.6 Å². The van der Waals surface area contributed by atoms with E-state index in [9.17, 15) is 0 Å². The number of aromatic nitrogens is 2. The van der Waals surface area contributed by atoms with Gasteiger partial charge in [-0.05, 0) is 24.3 Å². The second kappa shape index (κ2) is 5.75. The standard InChI is InChI=1S/C12H11ClN4S/c13-10-5-8(12(14)18)1-2-11(10)16-6-9-3-4-15-7-17-9/h1-5,7,16H,6H2,(H2,14,18). The molecular formula is C12H11ClN4S. The molecule has 0 radical (unpaired) electrons. The van der Waals surface area contributed by atoms with E-state index in [1.807, 2.05) is 18.2 Å². The summed E-state index contributed by atoms with van der Waals surface area (Å²) in [6, 6.07) is 7.25. The average molecular weight is 279 g/mol. The van der Waals surface area contributed by atoms with Crippen LogP contribution in [0.15, 0.2) is 36.8 Å². The highest BCUT2D eigenvalue weighted by Crippen LogP contribution is 2.23.